The number of aromatic nitrogens is 2. The predicted molar refractivity (Wildman–Crippen MR) is 66.3 cm³/mol. The molecule has 0 aliphatic carbocycles. The van der Waals surface area contributed by atoms with Gasteiger partial charge in [0.25, 0.3) is 5.56 Å². The van der Waals surface area contributed by atoms with Crippen LogP contribution in [0.3, 0.4) is 0 Å². The Morgan fingerprint density at radius 1 is 1.59 bits per heavy atom. The van der Waals surface area contributed by atoms with Crippen LogP contribution >= 0.6 is 11.8 Å². The monoisotopic (exact) mass is 256 g/mol. The van der Waals surface area contributed by atoms with Gasteiger partial charge in [0.2, 0.25) is 0 Å². The first kappa shape index (κ1) is 13.8. The van der Waals surface area contributed by atoms with Gasteiger partial charge < -0.3 is 9.67 Å². The van der Waals surface area contributed by atoms with Crippen LogP contribution in [0.2, 0.25) is 0 Å². The van der Waals surface area contributed by atoms with Crippen LogP contribution in [0.15, 0.2) is 22.2 Å². The van der Waals surface area contributed by atoms with Gasteiger partial charge in [-0.25, -0.2) is 4.98 Å². The van der Waals surface area contributed by atoms with E-state index in [0.29, 0.717) is 23.2 Å². The van der Waals surface area contributed by atoms with Crippen LogP contribution in [0, 0.1) is 5.92 Å². The summed E-state index contributed by atoms with van der Waals surface area (Å²) in [6, 6.07) is 0. The summed E-state index contributed by atoms with van der Waals surface area (Å²) in [5.74, 6) is -0.119. The molecule has 1 aromatic heterocycles. The van der Waals surface area contributed by atoms with E-state index >= 15 is 0 Å². The van der Waals surface area contributed by atoms with E-state index in [1.807, 2.05) is 13.8 Å². The molecule has 0 spiro atoms. The van der Waals surface area contributed by atoms with Crippen LogP contribution in [0.25, 0.3) is 0 Å². The maximum absolute atomic E-state index is 11.9. The summed E-state index contributed by atoms with van der Waals surface area (Å²) in [5, 5.41) is 8.89. The molecule has 17 heavy (non-hydrogen) atoms. The SMILES string of the molecule is CC(C)Cn1ccnc(SCCC(=O)O)c1=O. The van der Waals surface area contributed by atoms with Gasteiger partial charge in [0.05, 0.1) is 6.42 Å². The Hall–Kier alpha value is -1.30. The molecule has 1 heterocycles. The zero-order valence-electron chi connectivity index (χ0n) is 9.92. The first-order valence-electron chi connectivity index (χ1n) is 5.40. The van der Waals surface area contributed by atoms with Crippen molar-refractivity contribution in [2.24, 2.45) is 5.92 Å². The molecule has 0 atom stereocenters. The van der Waals surface area contributed by atoms with E-state index in [1.54, 1.807) is 17.0 Å². The fraction of sp³-hybridized carbons (Fsp3) is 0.545. The van der Waals surface area contributed by atoms with Crippen LogP contribution in [-0.4, -0.2) is 26.4 Å². The van der Waals surface area contributed by atoms with Gasteiger partial charge in [0, 0.05) is 24.7 Å². The second kappa shape index (κ2) is 6.44. The molecule has 0 bridgehead atoms. The number of rotatable bonds is 6. The molecule has 1 rings (SSSR count). The Morgan fingerprint density at radius 2 is 2.29 bits per heavy atom. The van der Waals surface area contributed by atoms with E-state index in [-0.39, 0.29) is 12.0 Å². The van der Waals surface area contributed by atoms with Crippen molar-refractivity contribution in [2.75, 3.05) is 5.75 Å². The Balaban J connectivity index is 2.73. The van der Waals surface area contributed by atoms with Crippen LogP contribution in [0.5, 0.6) is 0 Å². The third-order valence-corrected chi connectivity index (χ3v) is 2.96. The lowest BCUT2D eigenvalue weighted by Crippen LogP contribution is -2.24. The lowest BCUT2D eigenvalue weighted by molar-refractivity contribution is -0.136. The number of thioether (sulfide) groups is 1. The molecule has 6 heteroatoms. The number of aliphatic carboxylic acids is 1. The topological polar surface area (TPSA) is 72.2 Å². The zero-order chi connectivity index (χ0) is 12.8. The first-order valence-corrected chi connectivity index (χ1v) is 6.39. The van der Waals surface area contributed by atoms with Gasteiger partial charge in [-0.2, -0.15) is 0 Å². The molecule has 1 aromatic rings. The van der Waals surface area contributed by atoms with Crippen molar-refractivity contribution in [1.29, 1.82) is 0 Å². The number of nitrogens with zero attached hydrogens (tertiary/aromatic N) is 2. The minimum atomic E-state index is -0.865. The summed E-state index contributed by atoms with van der Waals surface area (Å²) in [5.41, 5.74) is -0.142. The maximum Gasteiger partial charge on any atom is 0.304 e. The van der Waals surface area contributed by atoms with Crippen LogP contribution < -0.4 is 5.56 Å². The molecular formula is C11H16N2O3S. The molecule has 0 aromatic carbocycles. The van der Waals surface area contributed by atoms with Gasteiger partial charge in [-0.15, -0.1) is 11.8 Å². The van der Waals surface area contributed by atoms with Crippen molar-refractivity contribution in [3.05, 3.63) is 22.7 Å². The smallest absolute Gasteiger partial charge is 0.304 e. The molecule has 94 valence electrons. The summed E-state index contributed by atoms with van der Waals surface area (Å²) in [4.78, 5) is 26.3. The van der Waals surface area contributed by atoms with Gasteiger partial charge >= 0.3 is 5.97 Å². The molecule has 0 saturated carbocycles. The molecule has 0 aliphatic heterocycles. The quantitative estimate of drug-likeness (QED) is 0.780. The fourth-order valence-electron chi connectivity index (χ4n) is 1.30. The third-order valence-electron chi connectivity index (χ3n) is 2.00. The highest BCUT2D eigenvalue weighted by atomic mass is 32.2. The largest absolute Gasteiger partial charge is 0.481 e. The maximum atomic E-state index is 11.9. The highest BCUT2D eigenvalue weighted by Crippen LogP contribution is 2.11. The van der Waals surface area contributed by atoms with Crippen molar-refractivity contribution in [2.45, 2.75) is 31.8 Å². The molecule has 0 radical (unpaired) electrons. The summed E-state index contributed by atoms with van der Waals surface area (Å²) < 4.78 is 1.61. The van der Waals surface area contributed by atoms with E-state index in [2.05, 4.69) is 4.98 Å². The van der Waals surface area contributed by atoms with Crippen molar-refractivity contribution < 1.29 is 9.90 Å². The molecule has 0 unspecified atom stereocenters. The molecule has 0 aliphatic rings. The Labute approximate surface area is 104 Å². The highest BCUT2D eigenvalue weighted by Gasteiger charge is 2.07. The molecule has 0 saturated heterocycles. The van der Waals surface area contributed by atoms with Crippen LogP contribution in [0.4, 0.5) is 0 Å². The minimum Gasteiger partial charge on any atom is -0.481 e. The predicted octanol–water partition coefficient (Wildman–Crippen LogP) is 1.47. The van der Waals surface area contributed by atoms with Gasteiger partial charge in [0.1, 0.15) is 0 Å². The second-order valence-corrected chi connectivity index (χ2v) is 5.16. The average Bonchev–Trinajstić information content (AvgIpc) is 2.22. The average molecular weight is 256 g/mol. The van der Waals surface area contributed by atoms with Crippen LogP contribution in [-0.2, 0) is 11.3 Å². The van der Waals surface area contributed by atoms with Crippen LogP contribution in [0.1, 0.15) is 20.3 Å². The molecule has 1 N–H and O–H groups in total. The molecule has 5 nitrogen and oxygen atoms in total. The van der Waals surface area contributed by atoms with E-state index in [9.17, 15) is 9.59 Å². The minimum absolute atomic E-state index is 0.0326. The lowest BCUT2D eigenvalue weighted by atomic mass is 10.2. The van der Waals surface area contributed by atoms with Gasteiger partial charge in [-0.3, -0.25) is 9.59 Å². The molecular weight excluding hydrogens is 240 g/mol. The zero-order valence-corrected chi connectivity index (χ0v) is 10.7. The Morgan fingerprint density at radius 3 is 2.88 bits per heavy atom. The highest BCUT2D eigenvalue weighted by molar-refractivity contribution is 7.99. The van der Waals surface area contributed by atoms with E-state index in [0.717, 1.165) is 0 Å². The van der Waals surface area contributed by atoms with Gasteiger partial charge in [-0.1, -0.05) is 13.8 Å². The number of hydrogen-bond acceptors (Lipinski definition) is 4. The van der Waals surface area contributed by atoms with E-state index in [4.69, 9.17) is 5.11 Å². The van der Waals surface area contributed by atoms with E-state index in [1.165, 1.54) is 11.8 Å². The third kappa shape index (κ3) is 4.60. The van der Waals surface area contributed by atoms with Crippen molar-refractivity contribution in [1.82, 2.24) is 9.55 Å². The van der Waals surface area contributed by atoms with Crippen molar-refractivity contribution in [3.63, 3.8) is 0 Å². The van der Waals surface area contributed by atoms with Gasteiger partial charge in [0.15, 0.2) is 5.03 Å². The number of hydrogen-bond donors (Lipinski definition) is 1. The number of carboxylic acid groups (broad SMARTS) is 1. The molecule has 0 fully saturated rings. The van der Waals surface area contributed by atoms with Crippen molar-refractivity contribution in [3.8, 4) is 0 Å². The summed E-state index contributed by atoms with van der Waals surface area (Å²) in [7, 11) is 0. The summed E-state index contributed by atoms with van der Waals surface area (Å²) in [6.07, 6.45) is 3.27. The van der Waals surface area contributed by atoms with Crippen molar-refractivity contribution >= 4 is 17.7 Å². The van der Waals surface area contributed by atoms with E-state index < -0.39 is 5.97 Å². The Bertz CT molecular complexity index is 443. The summed E-state index contributed by atoms with van der Waals surface area (Å²) >= 11 is 1.19. The first-order chi connectivity index (χ1) is 8.00. The molecule has 0 amide bonds. The lowest BCUT2D eigenvalue weighted by Gasteiger charge is -2.09. The standard InChI is InChI=1S/C11H16N2O3S/c1-8(2)7-13-5-4-12-10(11(13)16)17-6-3-9(14)15/h4-5,8H,3,6-7H2,1-2H3,(H,14,15). The summed E-state index contributed by atoms with van der Waals surface area (Å²) in [6.45, 7) is 4.71. The number of carboxylic acids is 1. The van der Waals surface area contributed by atoms with Gasteiger partial charge in [-0.05, 0) is 5.92 Å². The second-order valence-electron chi connectivity index (χ2n) is 4.08. The Kier molecular flexibility index (Phi) is 5.21. The normalized spacial score (nSPS) is 10.8. The fourth-order valence-corrected chi connectivity index (χ4v) is 2.14. The number of carbonyl (C=O) groups is 1.